The van der Waals surface area contributed by atoms with E-state index in [0.717, 1.165) is 22.4 Å². The Labute approximate surface area is 168 Å². The molecule has 0 bridgehead atoms. The zero-order chi connectivity index (χ0) is 21.3. The molecular weight excluding hydrogens is 352 g/mol. The van der Waals surface area contributed by atoms with Crippen molar-refractivity contribution in [3.05, 3.63) is 83.0 Å². The summed E-state index contributed by atoms with van der Waals surface area (Å²) in [6.07, 6.45) is 10.8. The number of amides is 1. The van der Waals surface area contributed by atoms with Crippen LogP contribution in [0.15, 0.2) is 88.0 Å². The van der Waals surface area contributed by atoms with Gasteiger partial charge in [0.15, 0.2) is 5.76 Å². The van der Waals surface area contributed by atoms with E-state index in [2.05, 4.69) is 18.2 Å². The van der Waals surface area contributed by atoms with Crippen LogP contribution >= 0.6 is 0 Å². The van der Waals surface area contributed by atoms with Gasteiger partial charge in [0.25, 0.3) is 5.91 Å². The summed E-state index contributed by atoms with van der Waals surface area (Å²) in [5.74, 6) is 1.19. The molecule has 1 aliphatic heterocycles. The minimum atomic E-state index is -0.0844. The molecule has 0 radical (unpaired) electrons. The molecule has 1 fully saturated rings. The Hall–Kier alpha value is -3.08. The van der Waals surface area contributed by atoms with Crippen molar-refractivity contribution in [3.8, 4) is 0 Å². The SMILES string of the molecule is C=CC(=C\C(OC)=C(/C)OC)/C(C)=C/C=C1\C(=C)CN(C(/C=N\C)=C/C)C1=O. The van der Waals surface area contributed by atoms with Crippen LogP contribution in [0.5, 0.6) is 0 Å². The summed E-state index contributed by atoms with van der Waals surface area (Å²) in [5.41, 5.74) is 3.91. The molecule has 1 saturated heterocycles. The van der Waals surface area contributed by atoms with Crippen molar-refractivity contribution in [3.63, 3.8) is 0 Å². The van der Waals surface area contributed by atoms with Gasteiger partial charge in [-0.1, -0.05) is 31.4 Å². The van der Waals surface area contributed by atoms with Gasteiger partial charge in [-0.2, -0.15) is 0 Å². The van der Waals surface area contributed by atoms with E-state index in [9.17, 15) is 4.79 Å². The molecule has 5 heteroatoms. The van der Waals surface area contributed by atoms with Gasteiger partial charge in [-0.05, 0) is 49.6 Å². The average Bonchev–Trinajstić information content (AvgIpc) is 2.98. The fourth-order valence-corrected chi connectivity index (χ4v) is 2.66. The Morgan fingerprint density at radius 2 is 1.93 bits per heavy atom. The molecule has 0 aromatic rings. The molecule has 1 rings (SSSR count). The summed E-state index contributed by atoms with van der Waals surface area (Å²) >= 11 is 0. The second-order valence-electron chi connectivity index (χ2n) is 6.16. The van der Waals surface area contributed by atoms with Gasteiger partial charge in [0.2, 0.25) is 0 Å². The van der Waals surface area contributed by atoms with Crippen molar-refractivity contribution in [2.75, 3.05) is 27.8 Å². The normalized spacial score (nSPS) is 18.9. The Morgan fingerprint density at radius 3 is 2.43 bits per heavy atom. The van der Waals surface area contributed by atoms with Gasteiger partial charge < -0.3 is 14.4 Å². The number of aliphatic imine (C=N–C) groups is 1. The molecule has 0 aliphatic carbocycles. The van der Waals surface area contributed by atoms with Gasteiger partial charge in [-0.15, -0.1) is 0 Å². The maximum atomic E-state index is 12.8. The first-order valence-corrected chi connectivity index (χ1v) is 8.94. The number of likely N-dealkylation sites (tertiary alicyclic amines) is 1. The van der Waals surface area contributed by atoms with Crippen molar-refractivity contribution >= 4 is 12.1 Å². The molecule has 0 saturated carbocycles. The molecule has 1 amide bonds. The van der Waals surface area contributed by atoms with Crippen LogP contribution in [0.4, 0.5) is 0 Å². The van der Waals surface area contributed by atoms with Gasteiger partial charge in [-0.25, -0.2) is 0 Å². The third kappa shape index (κ3) is 5.46. The zero-order valence-corrected chi connectivity index (χ0v) is 17.7. The van der Waals surface area contributed by atoms with Crippen LogP contribution in [0.2, 0.25) is 0 Å². The van der Waals surface area contributed by atoms with E-state index in [4.69, 9.17) is 9.47 Å². The van der Waals surface area contributed by atoms with Crippen LogP contribution in [0.3, 0.4) is 0 Å². The van der Waals surface area contributed by atoms with Crippen LogP contribution in [0.1, 0.15) is 20.8 Å². The smallest absolute Gasteiger partial charge is 0.258 e. The van der Waals surface area contributed by atoms with Crippen molar-refractivity contribution in [1.29, 1.82) is 0 Å². The first-order valence-electron chi connectivity index (χ1n) is 8.94. The molecule has 28 heavy (non-hydrogen) atoms. The lowest BCUT2D eigenvalue weighted by molar-refractivity contribution is -0.122. The van der Waals surface area contributed by atoms with Crippen molar-refractivity contribution in [2.45, 2.75) is 20.8 Å². The van der Waals surface area contributed by atoms with E-state index in [-0.39, 0.29) is 5.91 Å². The zero-order valence-electron chi connectivity index (χ0n) is 17.7. The van der Waals surface area contributed by atoms with Gasteiger partial charge in [0.05, 0.1) is 26.5 Å². The highest BCUT2D eigenvalue weighted by Crippen LogP contribution is 2.26. The van der Waals surface area contributed by atoms with Gasteiger partial charge in [0, 0.05) is 18.8 Å². The Kier molecular flexibility index (Phi) is 8.96. The number of allylic oxidation sites excluding steroid dienone is 9. The van der Waals surface area contributed by atoms with E-state index < -0.39 is 0 Å². The van der Waals surface area contributed by atoms with Crippen LogP contribution < -0.4 is 0 Å². The molecule has 0 unspecified atom stereocenters. The van der Waals surface area contributed by atoms with Crippen molar-refractivity contribution in [1.82, 2.24) is 4.90 Å². The summed E-state index contributed by atoms with van der Waals surface area (Å²) in [6, 6.07) is 0. The molecule has 0 N–H and O–H groups in total. The fraction of sp³-hybridized carbons (Fsp3) is 0.304. The van der Waals surface area contributed by atoms with Crippen LogP contribution in [0, 0.1) is 0 Å². The van der Waals surface area contributed by atoms with E-state index >= 15 is 0 Å². The first-order chi connectivity index (χ1) is 13.3. The minimum Gasteiger partial charge on any atom is -0.498 e. The summed E-state index contributed by atoms with van der Waals surface area (Å²) in [5, 5.41) is 0. The maximum Gasteiger partial charge on any atom is 0.258 e. The predicted molar refractivity (Wildman–Crippen MR) is 116 cm³/mol. The molecule has 0 aromatic carbocycles. The number of carbonyl (C=O) groups excluding carboxylic acids is 1. The lowest BCUT2D eigenvalue weighted by atomic mass is 10.0. The molecule has 1 heterocycles. The first kappa shape index (κ1) is 23.0. The maximum absolute atomic E-state index is 12.8. The number of rotatable bonds is 8. The summed E-state index contributed by atoms with van der Waals surface area (Å²) in [6.45, 7) is 14.0. The molecule has 150 valence electrons. The third-order valence-electron chi connectivity index (χ3n) is 4.41. The van der Waals surface area contributed by atoms with E-state index in [1.807, 2.05) is 39.0 Å². The summed E-state index contributed by atoms with van der Waals surface area (Å²) < 4.78 is 10.6. The Balaban J connectivity index is 3.22. The van der Waals surface area contributed by atoms with E-state index in [1.165, 1.54) is 0 Å². The summed E-state index contributed by atoms with van der Waals surface area (Å²) in [7, 11) is 4.86. The number of ether oxygens (including phenoxy) is 2. The van der Waals surface area contributed by atoms with Gasteiger partial charge in [-0.3, -0.25) is 9.79 Å². The summed E-state index contributed by atoms with van der Waals surface area (Å²) in [4.78, 5) is 18.5. The molecule has 1 aliphatic rings. The minimum absolute atomic E-state index is 0.0844. The number of hydrogen-bond donors (Lipinski definition) is 0. The second-order valence-corrected chi connectivity index (χ2v) is 6.16. The molecule has 0 atom stereocenters. The number of carbonyl (C=O) groups is 1. The predicted octanol–water partition coefficient (Wildman–Crippen LogP) is 4.50. The van der Waals surface area contributed by atoms with E-state index in [0.29, 0.717) is 23.6 Å². The quantitative estimate of drug-likeness (QED) is 0.269. The molecular formula is C23H30N2O3. The van der Waals surface area contributed by atoms with Crippen LogP contribution in [-0.4, -0.2) is 44.8 Å². The third-order valence-corrected chi connectivity index (χ3v) is 4.41. The Bertz CT molecular complexity index is 821. The standard InChI is InChI=1S/C23H30N2O3/c1-9-19(13-22(28-8)18(5)27-7)16(3)11-12-21-17(4)15-25(23(21)26)20(10-2)14-24-6/h9-14H,1,4,15H2,2-3,5-8H3/b16-11+,19-13+,20-10+,21-12+,22-18-,24-14-. The Morgan fingerprint density at radius 1 is 1.25 bits per heavy atom. The monoisotopic (exact) mass is 382 g/mol. The molecule has 5 nitrogen and oxygen atoms in total. The lowest BCUT2D eigenvalue weighted by Crippen LogP contribution is -2.25. The molecule has 0 spiro atoms. The number of methoxy groups -OCH3 is 2. The van der Waals surface area contributed by atoms with Crippen molar-refractivity contribution in [2.24, 2.45) is 4.99 Å². The van der Waals surface area contributed by atoms with Gasteiger partial charge >= 0.3 is 0 Å². The highest BCUT2D eigenvalue weighted by Gasteiger charge is 2.30. The van der Waals surface area contributed by atoms with E-state index in [1.54, 1.807) is 44.5 Å². The fourth-order valence-electron chi connectivity index (χ4n) is 2.66. The highest BCUT2D eigenvalue weighted by molar-refractivity contribution is 6.05. The average molecular weight is 383 g/mol. The number of hydrogen-bond acceptors (Lipinski definition) is 4. The van der Waals surface area contributed by atoms with Crippen LogP contribution in [-0.2, 0) is 14.3 Å². The second kappa shape index (κ2) is 10.9. The molecule has 0 aromatic heterocycles. The largest absolute Gasteiger partial charge is 0.498 e. The van der Waals surface area contributed by atoms with Crippen LogP contribution in [0.25, 0.3) is 0 Å². The van der Waals surface area contributed by atoms with Gasteiger partial charge in [0.1, 0.15) is 5.76 Å². The highest BCUT2D eigenvalue weighted by atomic mass is 16.5. The lowest BCUT2D eigenvalue weighted by Gasteiger charge is -2.15. The van der Waals surface area contributed by atoms with Crippen molar-refractivity contribution < 1.29 is 14.3 Å². The topological polar surface area (TPSA) is 51.1 Å². The number of nitrogens with zero attached hydrogens (tertiary/aromatic N) is 2.